The minimum atomic E-state index is -4.15. The standard InChI is InChI=1S/C21H18ClNO5S/c1-27-18-12-10-17(11-13-18)23(29(25,26)20-8-3-2-4-9-20)21(24)15-28-19-7-5-6-16(22)14-19/h2-14H,15H2,1H3. The Balaban J connectivity index is 1.94. The molecule has 0 unspecified atom stereocenters. The van der Waals surface area contributed by atoms with Crippen LogP contribution in [0.1, 0.15) is 0 Å². The smallest absolute Gasteiger partial charge is 0.278 e. The first kappa shape index (κ1) is 20.7. The van der Waals surface area contributed by atoms with Gasteiger partial charge in [0.1, 0.15) is 11.5 Å². The Labute approximate surface area is 174 Å². The Morgan fingerprint density at radius 1 is 0.931 bits per heavy atom. The molecule has 1 amide bonds. The van der Waals surface area contributed by atoms with E-state index < -0.39 is 22.5 Å². The van der Waals surface area contributed by atoms with Crippen molar-refractivity contribution in [2.75, 3.05) is 18.0 Å². The topological polar surface area (TPSA) is 72.9 Å². The second-order valence-corrected chi connectivity index (χ2v) is 8.14. The van der Waals surface area contributed by atoms with E-state index in [1.165, 1.54) is 37.4 Å². The van der Waals surface area contributed by atoms with Crippen molar-refractivity contribution < 1.29 is 22.7 Å². The number of halogens is 1. The van der Waals surface area contributed by atoms with Gasteiger partial charge in [0, 0.05) is 5.02 Å². The maximum absolute atomic E-state index is 13.2. The molecule has 3 rings (SSSR count). The summed E-state index contributed by atoms with van der Waals surface area (Å²) in [6, 6.07) is 20.4. The molecule has 0 aliphatic heterocycles. The summed E-state index contributed by atoms with van der Waals surface area (Å²) in [6.45, 7) is -0.488. The molecule has 0 spiro atoms. The van der Waals surface area contributed by atoms with Crippen LogP contribution in [0, 0.1) is 0 Å². The molecule has 0 aliphatic carbocycles. The molecular weight excluding hydrogens is 414 g/mol. The first-order chi connectivity index (χ1) is 13.9. The fourth-order valence-corrected chi connectivity index (χ4v) is 4.20. The van der Waals surface area contributed by atoms with Crippen LogP contribution in [0.2, 0.25) is 5.02 Å². The van der Waals surface area contributed by atoms with Crippen LogP contribution in [0.4, 0.5) is 5.69 Å². The molecule has 0 aliphatic rings. The average Bonchev–Trinajstić information content (AvgIpc) is 2.73. The van der Waals surface area contributed by atoms with Crippen molar-refractivity contribution in [3.05, 3.63) is 83.9 Å². The quantitative estimate of drug-likeness (QED) is 0.562. The lowest BCUT2D eigenvalue weighted by atomic mass is 10.3. The molecule has 3 aromatic carbocycles. The van der Waals surface area contributed by atoms with Crippen LogP contribution in [-0.4, -0.2) is 28.0 Å². The number of carbonyl (C=O) groups excluding carboxylic acids is 1. The number of sulfonamides is 1. The second-order valence-electron chi connectivity index (χ2n) is 5.92. The largest absolute Gasteiger partial charge is 0.497 e. The maximum atomic E-state index is 13.2. The highest BCUT2D eigenvalue weighted by Gasteiger charge is 2.31. The SMILES string of the molecule is COc1ccc(N(C(=O)COc2cccc(Cl)c2)S(=O)(=O)c2ccccc2)cc1. The first-order valence-electron chi connectivity index (χ1n) is 8.57. The van der Waals surface area contributed by atoms with Gasteiger partial charge in [0.25, 0.3) is 15.9 Å². The van der Waals surface area contributed by atoms with E-state index in [9.17, 15) is 13.2 Å². The molecule has 0 bridgehead atoms. The van der Waals surface area contributed by atoms with Crippen molar-refractivity contribution in [2.24, 2.45) is 0 Å². The van der Waals surface area contributed by atoms with Gasteiger partial charge < -0.3 is 9.47 Å². The summed E-state index contributed by atoms with van der Waals surface area (Å²) in [7, 11) is -2.65. The van der Waals surface area contributed by atoms with Gasteiger partial charge >= 0.3 is 0 Å². The van der Waals surface area contributed by atoms with E-state index >= 15 is 0 Å². The van der Waals surface area contributed by atoms with E-state index in [0.717, 1.165) is 4.31 Å². The van der Waals surface area contributed by atoms with Gasteiger partial charge in [0.2, 0.25) is 0 Å². The van der Waals surface area contributed by atoms with Crippen molar-refractivity contribution in [1.82, 2.24) is 0 Å². The lowest BCUT2D eigenvalue weighted by molar-refractivity contribution is -0.119. The third-order valence-electron chi connectivity index (χ3n) is 3.97. The lowest BCUT2D eigenvalue weighted by Gasteiger charge is -2.23. The van der Waals surface area contributed by atoms with Crippen molar-refractivity contribution in [3.8, 4) is 11.5 Å². The Bertz CT molecular complexity index is 1090. The van der Waals surface area contributed by atoms with E-state index in [1.54, 1.807) is 48.5 Å². The van der Waals surface area contributed by atoms with Gasteiger partial charge in [0.05, 0.1) is 17.7 Å². The number of anilines is 1. The molecule has 0 atom stereocenters. The summed E-state index contributed by atoms with van der Waals surface area (Å²) in [4.78, 5) is 12.9. The molecule has 0 radical (unpaired) electrons. The van der Waals surface area contributed by atoms with Crippen LogP contribution < -0.4 is 13.8 Å². The lowest BCUT2D eigenvalue weighted by Crippen LogP contribution is -2.40. The van der Waals surface area contributed by atoms with Crippen molar-refractivity contribution >= 4 is 33.2 Å². The molecule has 0 saturated heterocycles. The molecule has 0 N–H and O–H groups in total. The van der Waals surface area contributed by atoms with Crippen LogP contribution >= 0.6 is 11.6 Å². The second kappa shape index (κ2) is 8.98. The Morgan fingerprint density at radius 2 is 1.62 bits per heavy atom. The van der Waals surface area contributed by atoms with Crippen LogP contribution in [0.3, 0.4) is 0 Å². The highest BCUT2D eigenvalue weighted by atomic mass is 35.5. The van der Waals surface area contributed by atoms with Crippen LogP contribution in [0.15, 0.2) is 83.8 Å². The molecule has 29 heavy (non-hydrogen) atoms. The fourth-order valence-electron chi connectivity index (χ4n) is 2.59. The number of rotatable bonds is 7. The molecule has 0 saturated carbocycles. The van der Waals surface area contributed by atoms with Gasteiger partial charge in [-0.3, -0.25) is 4.79 Å². The minimum Gasteiger partial charge on any atom is -0.497 e. The molecule has 0 aromatic heterocycles. The van der Waals surface area contributed by atoms with Crippen LogP contribution in [0.5, 0.6) is 11.5 Å². The number of amides is 1. The highest BCUT2D eigenvalue weighted by Crippen LogP contribution is 2.26. The maximum Gasteiger partial charge on any atom is 0.278 e. The normalized spacial score (nSPS) is 11.0. The third kappa shape index (κ3) is 4.88. The Kier molecular flexibility index (Phi) is 6.41. The number of hydrogen-bond donors (Lipinski definition) is 0. The molecular formula is C21H18ClNO5S. The van der Waals surface area contributed by atoms with Crippen LogP contribution in [0.25, 0.3) is 0 Å². The molecule has 0 heterocycles. The highest BCUT2D eigenvalue weighted by molar-refractivity contribution is 7.93. The third-order valence-corrected chi connectivity index (χ3v) is 5.97. The predicted molar refractivity (Wildman–Crippen MR) is 111 cm³/mol. The summed E-state index contributed by atoms with van der Waals surface area (Å²) in [5.41, 5.74) is 0.175. The Morgan fingerprint density at radius 3 is 2.24 bits per heavy atom. The van der Waals surface area contributed by atoms with Gasteiger partial charge in [-0.25, -0.2) is 8.42 Å². The van der Waals surface area contributed by atoms with Gasteiger partial charge in [0.15, 0.2) is 6.61 Å². The van der Waals surface area contributed by atoms with Crippen molar-refractivity contribution in [3.63, 3.8) is 0 Å². The van der Waals surface area contributed by atoms with E-state index in [-0.39, 0.29) is 10.6 Å². The fraction of sp³-hybridized carbons (Fsp3) is 0.0952. The summed E-state index contributed by atoms with van der Waals surface area (Å²) < 4.78 is 37.7. The van der Waals surface area contributed by atoms with Crippen LogP contribution in [-0.2, 0) is 14.8 Å². The average molecular weight is 432 g/mol. The minimum absolute atomic E-state index is 0.00748. The zero-order valence-electron chi connectivity index (χ0n) is 15.5. The van der Waals surface area contributed by atoms with Crippen molar-refractivity contribution in [1.29, 1.82) is 0 Å². The van der Waals surface area contributed by atoms with Gasteiger partial charge in [-0.2, -0.15) is 4.31 Å². The summed E-state index contributed by atoms with van der Waals surface area (Å²) in [5.74, 6) is 0.144. The number of hydrogen-bond acceptors (Lipinski definition) is 5. The monoisotopic (exact) mass is 431 g/mol. The first-order valence-corrected chi connectivity index (χ1v) is 10.4. The van der Waals surface area contributed by atoms with E-state index in [4.69, 9.17) is 21.1 Å². The van der Waals surface area contributed by atoms with Gasteiger partial charge in [-0.05, 0) is 54.6 Å². The molecule has 8 heteroatoms. The number of methoxy groups -OCH3 is 1. The van der Waals surface area contributed by atoms with E-state index in [1.807, 2.05) is 0 Å². The molecule has 0 fully saturated rings. The predicted octanol–water partition coefficient (Wildman–Crippen LogP) is 4.15. The summed E-state index contributed by atoms with van der Waals surface area (Å²) in [6.07, 6.45) is 0. The van der Waals surface area contributed by atoms with Gasteiger partial charge in [-0.15, -0.1) is 0 Å². The number of benzene rings is 3. The zero-order valence-corrected chi connectivity index (χ0v) is 17.1. The summed E-state index contributed by atoms with van der Waals surface area (Å²) >= 11 is 5.92. The number of carbonyl (C=O) groups is 1. The van der Waals surface area contributed by atoms with Crippen molar-refractivity contribution in [2.45, 2.75) is 4.90 Å². The zero-order chi connectivity index (χ0) is 20.9. The van der Waals surface area contributed by atoms with Gasteiger partial charge in [-0.1, -0.05) is 35.9 Å². The summed E-state index contributed by atoms with van der Waals surface area (Å²) in [5, 5.41) is 0.443. The van der Waals surface area contributed by atoms with E-state index in [2.05, 4.69) is 0 Å². The van der Waals surface area contributed by atoms with E-state index in [0.29, 0.717) is 16.5 Å². The molecule has 150 valence electrons. The Hall–Kier alpha value is -3.03. The molecule has 3 aromatic rings. The number of ether oxygens (including phenoxy) is 2. The number of nitrogens with zero attached hydrogens (tertiary/aromatic N) is 1. The molecule has 6 nitrogen and oxygen atoms in total.